The molecule has 2 aromatic rings. The van der Waals surface area contributed by atoms with Gasteiger partial charge in [-0.15, -0.1) is 0 Å². The fourth-order valence-electron chi connectivity index (χ4n) is 4.44. The zero-order chi connectivity index (χ0) is 21.5. The van der Waals surface area contributed by atoms with Crippen molar-refractivity contribution in [2.45, 2.75) is 77.9 Å². The van der Waals surface area contributed by atoms with Crippen molar-refractivity contribution >= 4 is 17.3 Å². The first-order valence-electron chi connectivity index (χ1n) is 11.5. The van der Waals surface area contributed by atoms with Crippen molar-refractivity contribution in [1.29, 1.82) is 0 Å². The van der Waals surface area contributed by atoms with Gasteiger partial charge >= 0.3 is 0 Å². The summed E-state index contributed by atoms with van der Waals surface area (Å²) in [4.78, 5) is 0. The fourth-order valence-corrected chi connectivity index (χ4v) is 4.73. The van der Waals surface area contributed by atoms with Gasteiger partial charge in [-0.3, -0.25) is 5.32 Å². The lowest BCUT2D eigenvalue weighted by atomic mass is 9.92. The largest absolute Gasteiger partial charge is 0.370 e. The van der Waals surface area contributed by atoms with Gasteiger partial charge in [0.05, 0.1) is 6.17 Å². The van der Waals surface area contributed by atoms with Gasteiger partial charge in [-0.1, -0.05) is 42.6 Å². The molecule has 2 aromatic carbocycles. The molecule has 0 spiro atoms. The first kappa shape index (κ1) is 23.1. The average molecular weight is 428 g/mol. The van der Waals surface area contributed by atoms with Crippen LogP contribution in [-0.2, 0) is 0 Å². The molecule has 2 unspecified atom stereocenters. The lowest BCUT2D eigenvalue weighted by molar-refractivity contribution is 0.463. The molecule has 4 heteroatoms. The summed E-state index contributed by atoms with van der Waals surface area (Å²) in [6, 6.07) is 13.8. The van der Waals surface area contributed by atoms with Gasteiger partial charge in [0.1, 0.15) is 0 Å². The highest BCUT2D eigenvalue weighted by atomic mass is 35.5. The van der Waals surface area contributed by atoms with Crippen LogP contribution >= 0.6 is 11.6 Å². The van der Waals surface area contributed by atoms with E-state index in [4.69, 9.17) is 11.6 Å². The monoisotopic (exact) mass is 427 g/mol. The molecule has 0 aliphatic heterocycles. The van der Waals surface area contributed by atoms with Crippen molar-refractivity contribution in [3.63, 3.8) is 0 Å². The highest BCUT2D eigenvalue weighted by Gasteiger charge is 2.17. The van der Waals surface area contributed by atoms with Crippen LogP contribution < -0.4 is 16.0 Å². The third-order valence-electron chi connectivity index (χ3n) is 6.38. The summed E-state index contributed by atoms with van der Waals surface area (Å²) in [5.74, 6) is 0.489. The van der Waals surface area contributed by atoms with E-state index in [0.29, 0.717) is 5.92 Å². The standard InChI is InChI=1S/C26H38ClN3/c1-18-13-24(27)16-26(14-18)30-21(4)29-17-23(11-12-28-25-7-5-6-8-25)22-10-9-19(2)20(3)15-22/h9-10,13-16,21,23,25,28-30H,5-8,11-12,17H2,1-4H3. The summed E-state index contributed by atoms with van der Waals surface area (Å²) in [6.07, 6.45) is 6.76. The van der Waals surface area contributed by atoms with Gasteiger partial charge in [0, 0.05) is 23.3 Å². The zero-order valence-corrected chi connectivity index (χ0v) is 19.8. The second-order valence-corrected chi connectivity index (χ2v) is 9.49. The van der Waals surface area contributed by atoms with Crippen LogP contribution in [0.15, 0.2) is 36.4 Å². The maximum Gasteiger partial charge on any atom is 0.0739 e. The number of benzene rings is 2. The number of hydrogen-bond acceptors (Lipinski definition) is 3. The number of nitrogens with one attached hydrogen (secondary N) is 3. The first-order chi connectivity index (χ1) is 14.4. The summed E-state index contributed by atoms with van der Waals surface area (Å²) in [5, 5.41) is 11.8. The lowest BCUT2D eigenvalue weighted by Gasteiger charge is -2.24. The summed E-state index contributed by atoms with van der Waals surface area (Å²) < 4.78 is 0. The molecule has 0 aromatic heterocycles. The Balaban J connectivity index is 1.59. The molecule has 3 N–H and O–H groups in total. The van der Waals surface area contributed by atoms with Crippen LogP contribution in [0.3, 0.4) is 0 Å². The summed E-state index contributed by atoms with van der Waals surface area (Å²) >= 11 is 6.21. The number of aryl methyl sites for hydroxylation is 3. The van der Waals surface area contributed by atoms with E-state index in [9.17, 15) is 0 Å². The molecule has 3 rings (SSSR count). The number of anilines is 1. The Labute approximate surface area is 188 Å². The molecule has 30 heavy (non-hydrogen) atoms. The number of hydrogen-bond donors (Lipinski definition) is 3. The summed E-state index contributed by atoms with van der Waals surface area (Å²) in [6.45, 7) is 10.7. The van der Waals surface area contributed by atoms with Gasteiger partial charge in [0.2, 0.25) is 0 Å². The van der Waals surface area contributed by atoms with Crippen molar-refractivity contribution in [2.75, 3.05) is 18.4 Å². The second kappa shape index (κ2) is 11.2. The molecule has 1 fully saturated rings. The van der Waals surface area contributed by atoms with Crippen molar-refractivity contribution in [2.24, 2.45) is 0 Å². The van der Waals surface area contributed by atoms with Gasteiger partial charge < -0.3 is 10.6 Å². The quantitative estimate of drug-likeness (QED) is 0.388. The van der Waals surface area contributed by atoms with Crippen LogP contribution in [0.5, 0.6) is 0 Å². The molecule has 0 bridgehead atoms. The number of rotatable bonds is 10. The van der Waals surface area contributed by atoms with E-state index in [0.717, 1.165) is 36.3 Å². The van der Waals surface area contributed by atoms with Crippen molar-refractivity contribution in [3.05, 3.63) is 63.7 Å². The van der Waals surface area contributed by atoms with Gasteiger partial charge in [0.15, 0.2) is 0 Å². The highest BCUT2D eigenvalue weighted by Crippen LogP contribution is 2.24. The van der Waals surface area contributed by atoms with Crippen molar-refractivity contribution in [3.8, 4) is 0 Å². The van der Waals surface area contributed by atoms with Crippen molar-refractivity contribution < 1.29 is 0 Å². The molecule has 164 valence electrons. The van der Waals surface area contributed by atoms with Crippen LogP contribution in [0.1, 0.15) is 67.2 Å². The minimum Gasteiger partial charge on any atom is -0.370 e. The predicted octanol–water partition coefficient (Wildman–Crippen LogP) is 6.32. The molecule has 1 aliphatic rings. The third kappa shape index (κ3) is 7.01. The molecule has 1 saturated carbocycles. The Hall–Kier alpha value is -1.55. The van der Waals surface area contributed by atoms with Gasteiger partial charge in [-0.05, 0) is 99.9 Å². The number of halogens is 1. The Morgan fingerprint density at radius 1 is 1.00 bits per heavy atom. The first-order valence-corrected chi connectivity index (χ1v) is 11.9. The Kier molecular flexibility index (Phi) is 8.61. The van der Waals surface area contributed by atoms with Gasteiger partial charge in [-0.2, -0.15) is 0 Å². The zero-order valence-electron chi connectivity index (χ0n) is 19.0. The van der Waals surface area contributed by atoms with E-state index < -0.39 is 0 Å². The van der Waals surface area contributed by atoms with E-state index in [-0.39, 0.29) is 6.17 Å². The van der Waals surface area contributed by atoms with E-state index in [1.807, 2.05) is 12.1 Å². The molecular weight excluding hydrogens is 390 g/mol. The Bertz CT molecular complexity index is 794. The summed E-state index contributed by atoms with van der Waals surface area (Å²) in [7, 11) is 0. The van der Waals surface area contributed by atoms with Gasteiger partial charge in [0.25, 0.3) is 0 Å². The lowest BCUT2D eigenvalue weighted by Crippen LogP contribution is -2.37. The molecule has 0 radical (unpaired) electrons. The Morgan fingerprint density at radius 3 is 2.47 bits per heavy atom. The van der Waals surface area contributed by atoms with Gasteiger partial charge in [-0.25, -0.2) is 0 Å². The van der Waals surface area contributed by atoms with Crippen LogP contribution in [0.4, 0.5) is 5.69 Å². The SMILES string of the molecule is Cc1cc(Cl)cc(NC(C)NCC(CCNC2CCCC2)c2ccc(C)c(C)c2)c1. The Morgan fingerprint density at radius 2 is 1.77 bits per heavy atom. The van der Waals surface area contributed by atoms with E-state index >= 15 is 0 Å². The minimum atomic E-state index is 0.166. The fraction of sp³-hybridized carbons (Fsp3) is 0.538. The van der Waals surface area contributed by atoms with Crippen LogP contribution in [0.2, 0.25) is 5.02 Å². The molecule has 0 amide bonds. The second-order valence-electron chi connectivity index (χ2n) is 9.06. The van der Waals surface area contributed by atoms with E-state index in [1.165, 1.54) is 47.9 Å². The van der Waals surface area contributed by atoms with Crippen LogP contribution in [-0.4, -0.2) is 25.3 Å². The highest BCUT2D eigenvalue weighted by molar-refractivity contribution is 6.30. The van der Waals surface area contributed by atoms with Crippen molar-refractivity contribution in [1.82, 2.24) is 10.6 Å². The van der Waals surface area contributed by atoms with E-state index in [2.05, 4.69) is 67.9 Å². The summed E-state index contributed by atoms with van der Waals surface area (Å²) in [5.41, 5.74) is 6.40. The minimum absolute atomic E-state index is 0.166. The molecular formula is C26H38ClN3. The normalized spacial score (nSPS) is 16.6. The molecule has 0 saturated heterocycles. The molecule has 3 nitrogen and oxygen atoms in total. The smallest absolute Gasteiger partial charge is 0.0739 e. The topological polar surface area (TPSA) is 36.1 Å². The van der Waals surface area contributed by atoms with Crippen LogP contribution in [0, 0.1) is 20.8 Å². The molecule has 1 aliphatic carbocycles. The maximum absolute atomic E-state index is 6.21. The maximum atomic E-state index is 6.21. The third-order valence-corrected chi connectivity index (χ3v) is 6.60. The average Bonchev–Trinajstić information content (AvgIpc) is 3.19. The molecule has 2 atom stereocenters. The van der Waals surface area contributed by atoms with E-state index in [1.54, 1.807) is 0 Å². The van der Waals surface area contributed by atoms with Crippen LogP contribution in [0.25, 0.3) is 0 Å². The predicted molar refractivity (Wildman–Crippen MR) is 131 cm³/mol. The molecule has 0 heterocycles.